The zero-order chi connectivity index (χ0) is 18.2. The molecule has 8 heteroatoms. The lowest BCUT2D eigenvalue weighted by Crippen LogP contribution is -2.44. The normalized spacial score (nSPS) is 16.0. The lowest BCUT2D eigenvalue weighted by atomic mass is 9.97. The van der Waals surface area contributed by atoms with Crippen LogP contribution in [0.25, 0.3) is 0 Å². The molecule has 0 spiro atoms. The Morgan fingerprint density at radius 2 is 1.48 bits per heavy atom. The number of aliphatic hydroxyl groups is 1. The molecule has 0 unspecified atom stereocenters. The largest absolute Gasteiger partial charge is 0.481 e. The summed E-state index contributed by atoms with van der Waals surface area (Å²) in [5.41, 5.74) is 0. The summed E-state index contributed by atoms with van der Waals surface area (Å²) in [6.45, 7) is 3.99. The fraction of sp³-hybridized carbons (Fsp3) is 0.733. The molecule has 4 N–H and O–H groups in total. The number of ketones is 2. The average molecular weight is 330 g/mol. The molecule has 8 nitrogen and oxygen atoms in total. The van der Waals surface area contributed by atoms with Crippen LogP contribution >= 0.6 is 0 Å². The van der Waals surface area contributed by atoms with E-state index in [-0.39, 0.29) is 18.6 Å². The Kier molecular flexibility index (Phi) is 9.28. The lowest BCUT2D eigenvalue weighted by Gasteiger charge is -2.19. The molecule has 0 aliphatic rings. The van der Waals surface area contributed by atoms with E-state index in [0.717, 1.165) is 0 Å². The zero-order valence-corrected chi connectivity index (χ0v) is 14.0. The second-order valence-electron chi connectivity index (χ2n) is 5.70. The van der Waals surface area contributed by atoms with E-state index in [1.165, 1.54) is 13.8 Å². The van der Waals surface area contributed by atoms with Gasteiger partial charge in [0.1, 0.15) is 5.78 Å². The Morgan fingerprint density at radius 3 is 1.91 bits per heavy atom. The number of hydrogen-bond acceptors (Lipinski definition) is 6. The van der Waals surface area contributed by atoms with Gasteiger partial charge in [-0.25, -0.2) is 0 Å². The highest BCUT2D eigenvalue weighted by molar-refractivity contribution is 5.93. The standard InChI is InChI=1S/C15H26N2O6/c1-8(15(22)23)5-12(19)10(3)17-14(21)11(7-18)6-13(20)9(2)16-4/h8-11,16,18H,5-7H2,1-4H3,(H,17,21)(H,22,23)/t8-,9+,10+,11+/m1/s1. The summed E-state index contributed by atoms with van der Waals surface area (Å²) in [6.07, 6.45) is -0.340. The van der Waals surface area contributed by atoms with Crippen LogP contribution in [-0.2, 0) is 19.2 Å². The number of carbonyl (C=O) groups is 4. The van der Waals surface area contributed by atoms with Gasteiger partial charge in [0, 0.05) is 12.8 Å². The highest BCUT2D eigenvalue weighted by atomic mass is 16.4. The fourth-order valence-electron chi connectivity index (χ4n) is 1.80. The fourth-order valence-corrected chi connectivity index (χ4v) is 1.80. The average Bonchev–Trinajstić information content (AvgIpc) is 2.50. The minimum absolute atomic E-state index is 0.142. The van der Waals surface area contributed by atoms with E-state index in [9.17, 15) is 24.3 Å². The maximum Gasteiger partial charge on any atom is 0.306 e. The van der Waals surface area contributed by atoms with Crippen molar-refractivity contribution in [2.24, 2.45) is 11.8 Å². The van der Waals surface area contributed by atoms with Crippen LogP contribution in [-0.4, -0.2) is 59.4 Å². The van der Waals surface area contributed by atoms with E-state index in [2.05, 4.69) is 10.6 Å². The number of amides is 1. The molecule has 0 aliphatic heterocycles. The number of carbonyl (C=O) groups excluding carboxylic acids is 3. The third kappa shape index (κ3) is 7.34. The maximum atomic E-state index is 12.0. The highest BCUT2D eigenvalue weighted by Gasteiger charge is 2.27. The van der Waals surface area contributed by atoms with Gasteiger partial charge in [0.15, 0.2) is 5.78 Å². The van der Waals surface area contributed by atoms with Gasteiger partial charge in [-0.15, -0.1) is 0 Å². The Bertz CT molecular complexity index is 451. The molecular weight excluding hydrogens is 304 g/mol. The zero-order valence-electron chi connectivity index (χ0n) is 14.0. The van der Waals surface area contributed by atoms with Crippen LogP contribution in [0.5, 0.6) is 0 Å². The van der Waals surface area contributed by atoms with Crippen molar-refractivity contribution in [3.63, 3.8) is 0 Å². The van der Waals surface area contributed by atoms with Crippen molar-refractivity contribution >= 4 is 23.4 Å². The molecule has 0 fully saturated rings. The van der Waals surface area contributed by atoms with Crippen LogP contribution in [0.3, 0.4) is 0 Å². The van der Waals surface area contributed by atoms with E-state index < -0.39 is 48.2 Å². The van der Waals surface area contributed by atoms with Crippen LogP contribution in [0.4, 0.5) is 0 Å². The molecule has 0 aromatic heterocycles. The molecule has 132 valence electrons. The summed E-state index contributed by atoms with van der Waals surface area (Å²) in [6, 6.07) is -1.32. The number of nitrogens with one attached hydrogen (secondary N) is 2. The first-order chi connectivity index (χ1) is 10.6. The molecule has 4 atom stereocenters. The molecule has 0 rings (SSSR count). The minimum atomic E-state index is -1.09. The Morgan fingerprint density at radius 1 is 0.957 bits per heavy atom. The van der Waals surface area contributed by atoms with Gasteiger partial charge in [0.05, 0.1) is 30.5 Å². The summed E-state index contributed by atoms with van der Waals surface area (Å²) in [5.74, 6) is -4.11. The SMILES string of the molecule is CN[C@@H](C)C(=O)C[C@@H](CO)C(=O)N[C@@H](C)C(=O)C[C@@H](C)C(=O)O. The summed E-state index contributed by atoms with van der Waals surface area (Å²) < 4.78 is 0. The smallest absolute Gasteiger partial charge is 0.306 e. The van der Waals surface area contributed by atoms with Gasteiger partial charge in [-0.05, 0) is 20.9 Å². The summed E-state index contributed by atoms with van der Waals surface area (Å²) >= 11 is 0. The van der Waals surface area contributed by atoms with Crippen LogP contribution < -0.4 is 10.6 Å². The van der Waals surface area contributed by atoms with Crippen molar-refractivity contribution in [3.05, 3.63) is 0 Å². The highest BCUT2D eigenvalue weighted by Crippen LogP contribution is 2.09. The van der Waals surface area contributed by atoms with E-state index in [0.29, 0.717) is 0 Å². The van der Waals surface area contributed by atoms with Gasteiger partial charge in [0.2, 0.25) is 5.91 Å². The molecule has 0 aromatic carbocycles. The number of rotatable bonds is 11. The van der Waals surface area contributed by atoms with E-state index in [1.54, 1.807) is 14.0 Å². The molecule has 0 heterocycles. The summed E-state index contributed by atoms with van der Waals surface area (Å²) in [4.78, 5) is 46.4. The maximum absolute atomic E-state index is 12.0. The number of carboxylic acid groups (broad SMARTS) is 1. The van der Waals surface area contributed by atoms with Crippen LogP contribution in [0, 0.1) is 11.8 Å². The van der Waals surface area contributed by atoms with Crippen molar-refractivity contribution < 1.29 is 29.4 Å². The topological polar surface area (TPSA) is 133 Å². The third-order valence-electron chi connectivity index (χ3n) is 3.73. The molecule has 23 heavy (non-hydrogen) atoms. The Hall–Kier alpha value is -1.80. The Labute approximate surface area is 135 Å². The van der Waals surface area contributed by atoms with Gasteiger partial charge in [-0.1, -0.05) is 6.92 Å². The van der Waals surface area contributed by atoms with Crippen molar-refractivity contribution in [1.29, 1.82) is 0 Å². The van der Waals surface area contributed by atoms with Crippen molar-refractivity contribution in [2.75, 3.05) is 13.7 Å². The van der Waals surface area contributed by atoms with Gasteiger partial charge < -0.3 is 20.8 Å². The van der Waals surface area contributed by atoms with Gasteiger partial charge >= 0.3 is 5.97 Å². The molecule has 0 aliphatic carbocycles. The Balaban J connectivity index is 4.60. The summed E-state index contributed by atoms with van der Waals surface area (Å²) in [7, 11) is 1.61. The van der Waals surface area contributed by atoms with Gasteiger partial charge in [-0.3, -0.25) is 19.2 Å². The van der Waals surface area contributed by atoms with E-state index in [4.69, 9.17) is 5.11 Å². The molecule has 0 saturated heterocycles. The summed E-state index contributed by atoms with van der Waals surface area (Å²) in [5, 5.41) is 23.2. The van der Waals surface area contributed by atoms with Gasteiger partial charge in [0.25, 0.3) is 0 Å². The quantitative estimate of drug-likeness (QED) is 0.395. The first-order valence-electron chi connectivity index (χ1n) is 7.50. The van der Waals surface area contributed by atoms with E-state index >= 15 is 0 Å². The first-order valence-corrected chi connectivity index (χ1v) is 7.50. The number of aliphatic hydroxyl groups excluding tert-OH is 1. The number of hydrogen-bond donors (Lipinski definition) is 4. The monoisotopic (exact) mass is 330 g/mol. The lowest BCUT2D eigenvalue weighted by molar-refractivity contribution is -0.143. The minimum Gasteiger partial charge on any atom is -0.481 e. The molecule has 0 aromatic rings. The predicted octanol–water partition coefficient (Wildman–Crippen LogP) is -0.653. The second kappa shape index (κ2) is 10.1. The molecule has 0 saturated carbocycles. The third-order valence-corrected chi connectivity index (χ3v) is 3.73. The van der Waals surface area contributed by atoms with Crippen LogP contribution in [0.2, 0.25) is 0 Å². The predicted molar refractivity (Wildman–Crippen MR) is 82.8 cm³/mol. The second-order valence-corrected chi connectivity index (χ2v) is 5.70. The molecule has 1 amide bonds. The van der Waals surface area contributed by atoms with Crippen molar-refractivity contribution in [2.45, 2.75) is 45.7 Å². The van der Waals surface area contributed by atoms with Crippen molar-refractivity contribution in [1.82, 2.24) is 10.6 Å². The van der Waals surface area contributed by atoms with Crippen LogP contribution in [0.1, 0.15) is 33.6 Å². The number of Topliss-reactive ketones (excluding diaryl/α,β-unsaturated/α-hetero) is 2. The van der Waals surface area contributed by atoms with Gasteiger partial charge in [-0.2, -0.15) is 0 Å². The number of carboxylic acids is 1. The molecule has 0 radical (unpaired) electrons. The number of aliphatic carboxylic acids is 1. The molecular formula is C15H26N2O6. The van der Waals surface area contributed by atoms with E-state index in [1.807, 2.05) is 0 Å². The first kappa shape index (κ1) is 21.2. The van der Waals surface area contributed by atoms with Crippen molar-refractivity contribution in [3.8, 4) is 0 Å². The van der Waals surface area contributed by atoms with Crippen LogP contribution in [0.15, 0.2) is 0 Å². The molecule has 0 bridgehead atoms. The number of likely N-dealkylation sites (N-methyl/N-ethyl adjacent to an activating group) is 1.